The third-order valence-electron chi connectivity index (χ3n) is 26.7. The van der Waals surface area contributed by atoms with Crippen LogP contribution in [0.4, 0.5) is 34.1 Å². The number of aliphatic hydroxyl groups excluding tert-OH is 4. The first-order valence-electron chi connectivity index (χ1n) is 43.0. The van der Waals surface area contributed by atoms with Crippen LogP contribution in [0.15, 0.2) is 220 Å². The van der Waals surface area contributed by atoms with Gasteiger partial charge in [-0.15, -0.1) is 0 Å². The Hall–Kier alpha value is -13.9. The number of aliphatic hydroxyl groups is 4. The van der Waals surface area contributed by atoms with Crippen LogP contribution in [0, 0.1) is 109 Å². The minimum atomic E-state index is -0.200. The summed E-state index contributed by atoms with van der Waals surface area (Å²) in [5.41, 5.74) is 41.4. The summed E-state index contributed by atoms with van der Waals surface area (Å²) in [5, 5.41) is 44.7. The summed E-state index contributed by atoms with van der Waals surface area (Å²) in [6.45, 7) is 60.7. The summed E-state index contributed by atoms with van der Waals surface area (Å²) in [4.78, 5) is 27.0. The lowest BCUT2D eigenvalue weighted by molar-refractivity contribution is 0.0500. The highest BCUT2D eigenvalue weighted by molar-refractivity contribution is 6.04. The Labute approximate surface area is 731 Å². The average Bonchev–Trinajstić information content (AvgIpc) is 1.61. The second-order valence-electron chi connectivity index (χ2n) is 34.7. The Balaban J connectivity index is 0.000000115. The monoisotopic (exact) mass is 1650 g/mol. The van der Waals surface area contributed by atoms with Crippen molar-refractivity contribution in [2.24, 2.45) is 0 Å². The number of hydrogen-bond donors (Lipinski definition) is 5. The first kappa shape index (κ1) is 84.7. The van der Waals surface area contributed by atoms with E-state index in [9.17, 15) is 20.4 Å². The third-order valence-corrected chi connectivity index (χ3v) is 26.7. The Morgan fingerprint density at radius 1 is 0.320 bits per heavy atom. The van der Waals surface area contributed by atoms with E-state index in [4.69, 9.17) is 38.6 Å². The molecule has 4 saturated carbocycles. The molecule has 9 aromatic carbocycles. The van der Waals surface area contributed by atoms with Gasteiger partial charge >= 0.3 is 0 Å². The molecule has 17 nitrogen and oxygen atoms in total. The number of nitrogen functional groups attached to an aromatic ring is 1. The van der Waals surface area contributed by atoms with Crippen LogP contribution in [-0.2, 0) is 6.54 Å². The van der Waals surface area contributed by atoms with Gasteiger partial charge in [-0.3, -0.25) is 9.97 Å². The molecule has 4 aliphatic carbocycles. The smallest absolute Gasteiger partial charge is 0.190 e. The van der Waals surface area contributed by atoms with Gasteiger partial charge in [-0.2, -0.15) is 0 Å². The minimum Gasteiger partial charge on any atom is -0.399 e. The van der Waals surface area contributed by atoms with Gasteiger partial charge in [0, 0.05) is 159 Å². The van der Waals surface area contributed by atoms with E-state index in [1.165, 1.54) is 61.2 Å². The number of rotatable bonds is 11. The van der Waals surface area contributed by atoms with E-state index in [1.54, 1.807) is 0 Å². The van der Waals surface area contributed by atoms with E-state index in [1.807, 2.05) is 118 Å². The quantitative estimate of drug-likeness (QED) is 0.0631. The number of nitrogens with zero attached hydrogens (tertiary/aromatic N) is 12. The fraction of sp³-hybridized carbons (Fsp3) is 0.269. The van der Waals surface area contributed by atoms with Crippen molar-refractivity contribution in [2.75, 3.05) is 5.73 Å². The van der Waals surface area contributed by atoms with Crippen LogP contribution >= 0.6 is 0 Å². The lowest BCUT2D eigenvalue weighted by Crippen LogP contribution is -2.30. The number of benzene rings is 9. The molecule has 17 heteroatoms. The van der Waals surface area contributed by atoms with Gasteiger partial charge in [0.25, 0.3) is 0 Å². The predicted molar refractivity (Wildman–Crippen MR) is 508 cm³/mol. The largest absolute Gasteiger partial charge is 0.399 e. The standard InChI is InChI=1S/C22H17N3.2C22H22N2O.2C21H21N3O/c1-24-19-10-11-22-20(13-19)21(17-8-5-9-18(23)12-17)15-25(22)14-16-6-3-2-4-7-16;1-13-6-5-7-18(15(13)3)20-12-24(16-9-17(25)10-16)22-8-14(2)21(23-4)11-19(20)22;1-14-5-4-6-19(15(14)2)21-13-24(17-8-9-18(25)12-17)22-10-7-16(23-3)11-20(21)22;2*1-12-5-21-17(8-20(12)22-4)19(11-24(21)15-6-16(25)7-15)18-10-23-9-13(2)14(18)3/h2-13,15H,14,23H2;5-8,11-12,16-17,25H,9-10H2,1-3H3;4-7,10-11,13,17-18,25H,8-9,12H2,1-2H3;2*5,8-11,15-16,25H,6-7H2,1-3H3. The van der Waals surface area contributed by atoms with Gasteiger partial charge in [0.2, 0.25) is 0 Å². The highest BCUT2D eigenvalue weighted by Crippen LogP contribution is 2.48. The average molecular weight is 1650 g/mol. The second kappa shape index (κ2) is 35.5. The Morgan fingerprint density at radius 2 is 0.704 bits per heavy atom. The van der Waals surface area contributed by atoms with E-state index in [0.29, 0.717) is 52.6 Å². The molecule has 20 rings (SSSR count). The number of nitrogens with two attached hydrogens (primary N) is 1. The molecule has 0 bridgehead atoms. The Morgan fingerprint density at radius 3 is 1.10 bits per heavy atom. The number of pyridine rings is 2. The molecule has 4 aliphatic rings. The van der Waals surface area contributed by atoms with E-state index in [2.05, 4.69) is 234 Å². The molecule has 2 atom stereocenters. The van der Waals surface area contributed by atoms with Crippen LogP contribution in [-0.4, -0.2) is 77.6 Å². The highest BCUT2D eigenvalue weighted by Gasteiger charge is 2.35. The van der Waals surface area contributed by atoms with Gasteiger partial charge in [-0.05, 0) is 317 Å². The summed E-state index contributed by atoms with van der Waals surface area (Å²) in [6, 6.07) is 56.5. The number of hydrogen-bond acceptors (Lipinski definition) is 7. The van der Waals surface area contributed by atoms with Crippen molar-refractivity contribution in [2.45, 2.75) is 189 Å². The van der Waals surface area contributed by atoms with Crippen LogP contribution in [0.3, 0.4) is 0 Å². The molecule has 2 unspecified atom stereocenters. The third kappa shape index (κ3) is 16.7. The topological polar surface area (TPSA) is 179 Å². The van der Waals surface area contributed by atoms with E-state index in [-0.39, 0.29) is 24.4 Å². The number of fused-ring (bicyclic) bond motifs is 5. The van der Waals surface area contributed by atoms with Gasteiger partial charge < -0.3 is 49.0 Å². The molecule has 4 fully saturated rings. The van der Waals surface area contributed by atoms with Crippen molar-refractivity contribution in [3.63, 3.8) is 0 Å². The maximum Gasteiger partial charge on any atom is 0.190 e. The highest BCUT2D eigenvalue weighted by atomic mass is 16.3. The van der Waals surface area contributed by atoms with Crippen molar-refractivity contribution >= 4 is 88.6 Å². The summed E-state index contributed by atoms with van der Waals surface area (Å²) in [6.07, 6.45) is 25.2. The van der Waals surface area contributed by atoms with Crippen LogP contribution in [0.1, 0.15) is 149 Å². The first-order chi connectivity index (χ1) is 60.3. The number of aromatic nitrogens is 7. The van der Waals surface area contributed by atoms with Gasteiger partial charge in [0.05, 0.1) is 57.3 Å². The summed E-state index contributed by atoms with van der Waals surface area (Å²) < 4.78 is 11.4. The molecule has 0 spiro atoms. The van der Waals surface area contributed by atoms with Crippen molar-refractivity contribution < 1.29 is 20.4 Å². The van der Waals surface area contributed by atoms with Gasteiger partial charge in [0.15, 0.2) is 28.4 Å². The Bertz CT molecular complexity index is 6700. The summed E-state index contributed by atoms with van der Waals surface area (Å²) in [5.74, 6) is 0. The molecule has 0 radical (unpaired) electrons. The molecule has 125 heavy (non-hydrogen) atoms. The number of anilines is 1. The maximum atomic E-state index is 9.97. The molecule has 6 N–H and O–H groups in total. The van der Waals surface area contributed by atoms with Crippen LogP contribution < -0.4 is 5.73 Å². The van der Waals surface area contributed by atoms with Crippen LogP contribution in [0.25, 0.3) is 134 Å². The lowest BCUT2D eigenvalue weighted by Gasteiger charge is -2.33. The molecule has 7 heterocycles. The fourth-order valence-electron chi connectivity index (χ4n) is 18.5. The van der Waals surface area contributed by atoms with Crippen LogP contribution in [0.5, 0.6) is 0 Å². The number of aryl methyl sites for hydroxylation is 7. The fourth-order valence-corrected chi connectivity index (χ4v) is 18.5. The second-order valence-corrected chi connectivity index (χ2v) is 34.7. The van der Waals surface area contributed by atoms with E-state index < -0.39 is 0 Å². The predicted octanol–water partition coefficient (Wildman–Crippen LogP) is 26.3. The Kier molecular flexibility index (Phi) is 24.0. The zero-order valence-corrected chi connectivity index (χ0v) is 72.7. The summed E-state index contributed by atoms with van der Waals surface area (Å²) in [7, 11) is 0. The minimum absolute atomic E-state index is 0.185. The SMILES string of the molecule is [C-]#[N+]c1cc2c(-c3cccc(C)c3C)cn(C3CC(O)C3)c2cc1C.[C-]#[N+]c1cc2c(-c3cncc(C)c3C)cn(C3CC(O)C3)c2cc1C.[C-]#[N+]c1cc2c(-c3cncc(C)c3C)cn(C3CC(O)C3)c2cc1C.[C-]#[N+]c1ccc2c(c1)c(-c1cccc(C)c1C)cn2C1CCC(O)C1.[C-]#[N+]c1ccc2c(c1)c(-c1cccc(N)c1)cn2Cc1ccccc1. The molecule has 0 aliphatic heterocycles. The van der Waals surface area contributed by atoms with E-state index >= 15 is 0 Å². The molecule has 0 amide bonds. The molecule has 16 aromatic rings. The van der Waals surface area contributed by atoms with Crippen molar-refractivity contribution in [1.29, 1.82) is 0 Å². The van der Waals surface area contributed by atoms with Crippen LogP contribution in [0.2, 0.25) is 0 Å². The molecular weight excluding hydrogens is 1540 g/mol. The van der Waals surface area contributed by atoms with Crippen molar-refractivity contribution in [3.05, 3.63) is 343 Å². The first-order valence-corrected chi connectivity index (χ1v) is 43.0. The summed E-state index contributed by atoms with van der Waals surface area (Å²) >= 11 is 0. The van der Waals surface area contributed by atoms with Crippen molar-refractivity contribution in [1.82, 2.24) is 32.8 Å². The molecule has 624 valence electrons. The van der Waals surface area contributed by atoms with Crippen molar-refractivity contribution in [3.8, 4) is 55.6 Å². The van der Waals surface area contributed by atoms with Gasteiger partial charge in [-0.1, -0.05) is 91.0 Å². The molecule has 0 saturated heterocycles. The normalized spacial score (nSPS) is 17.9. The zero-order valence-electron chi connectivity index (χ0n) is 72.7. The lowest BCUT2D eigenvalue weighted by atomic mass is 9.89. The molecular formula is C108H103N13O4. The maximum absolute atomic E-state index is 9.97. The van der Waals surface area contributed by atoms with Gasteiger partial charge in [-0.25, -0.2) is 24.2 Å². The van der Waals surface area contributed by atoms with Gasteiger partial charge in [0.1, 0.15) is 0 Å². The van der Waals surface area contributed by atoms with E-state index in [0.717, 1.165) is 186 Å². The zero-order chi connectivity index (χ0) is 87.9. The molecule has 7 aromatic heterocycles.